The Kier molecular flexibility index (Phi) is 6.98. The van der Waals surface area contributed by atoms with Crippen LogP contribution in [0.3, 0.4) is 0 Å². The molecule has 6 heteroatoms. The number of ketones is 1. The second-order valence-electron chi connectivity index (χ2n) is 10.0. The average Bonchev–Trinajstić information content (AvgIpc) is 2.69. The highest BCUT2D eigenvalue weighted by Crippen LogP contribution is 2.44. The summed E-state index contributed by atoms with van der Waals surface area (Å²) in [4.78, 5) is 19.1. The zero-order valence-electron chi connectivity index (χ0n) is 18.5. The van der Waals surface area contributed by atoms with Crippen molar-refractivity contribution in [2.45, 2.75) is 46.5 Å². The monoisotopic (exact) mass is 540 g/mol. The first-order valence-corrected chi connectivity index (χ1v) is 13.0. The lowest BCUT2D eigenvalue weighted by Gasteiger charge is -2.45. The fourth-order valence-electron chi connectivity index (χ4n) is 5.57. The molecule has 2 fully saturated rings. The number of halogens is 2. The van der Waals surface area contributed by atoms with Gasteiger partial charge < -0.3 is 14.5 Å². The minimum absolute atomic E-state index is 0.251. The molecular formula is C24H34Br2N2O2. The van der Waals surface area contributed by atoms with Crippen LogP contribution in [0.4, 0.5) is 0 Å². The van der Waals surface area contributed by atoms with E-state index in [4.69, 9.17) is 4.74 Å². The topological polar surface area (TPSA) is 32.8 Å². The molecule has 1 aromatic carbocycles. The number of nitrogens with zero attached hydrogens (tertiary/aromatic N) is 2. The molecule has 166 valence electrons. The largest absolute Gasteiger partial charge is 0.490 e. The Morgan fingerprint density at radius 1 is 1.07 bits per heavy atom. The maximum atomic E-state index is 14.1. The van der Waals surface area contributed by atoms with Gasteiger partial charge in [-0.25, -0.2) is 0 Å². The highest BCUT2D eigenvalue weighted by molar-refractivity contribution is 9.11. The van der Waals surface area contributed by atoms with E-state index >= 15 is 0 Å². The number of ether oxygens (including phenoxy) is 1. The van der Waals surface area contributed by atoms with Gasteiger partial charge >= 0.3 is 0 Å². The van der Waals surface area contributed by atoms with Gasteiger partial charge in [0.2, 0.25) is 0 Å². The van der Waals surface area contributed by atoms with Crippen molar-refractivity contribution in [3.8, 4) is 5.75 Å². The minimum Gasteiger partial charge on any atom is -0.490 e. The number of carbonyl (C=O) groups excluding carboxylic acids is 1. The Labute approximate surface area is 198 Å². The number of Topliss-reactive ketones (excluding diaryl/α,β-unsaturated/α-hetero) is 1. The molecule has 3 aliphatic heterocycles. The van der Waals surface area contributed by atoms with Crippen molar-refractivity contribution < 1.29 is 9.53 Å². The molecule has 0 aromatic heterocycles. The maximum absolute atomic E-state index is 14.1. The number of likely N-dealkylation sites (tertiary alicyclic amines) is 2. The Balaban J connectivity index is 1.67. The summed E-state index contributed by atoms with van der Waals surface area (Å²) in [5.41, 5.74) is 1.29. The molecule has 0 saturated carbocycles. The highest BCUT2D eigenvalue weighted by Gasteiger charge is 2.48. The van der Waals surface area contributed by atoms with Gasteiger partial charge in [-0.15, -0.1) is 0 Å². The van der Waals surface area contributed by atoms with E-state index in [-0.39, 0.29) is 5.78 Å². The molecule has 0 aliphatic carbocycles. The third-order valence-electron chi connectivity index (χ3n) is 7.16. The molecule has 0 N–H and O–H groups in total. The van der Waals surface area contributed by atoms with Crippen LogP contribution in [-0.4, -0.2) is 61.5 Å². The molecule has 0 bridgehead atoms. The maximum Gasteiger partial charge on any atom is 0.178 e. The fraction of sp³-hybridized carbons (Fsp3) is 0.708. The molecule has 2 atom stereocenters. The van der Waals surface area contributed by atoms with Crippen LogP contribution in [0.25, 0.3) is 0 Å². The standard InChI is InChI=1S/C24H34Br2N2O2/c1-16-6-4-8-27(11-16)13-24(14-28-9-5-7-17(2)12-28)15-30-22-19(23(24)29)10-20(25)18(3)21(22)26/h10,16-17H,4-9,11-15H2,1-3H3/t16-,17-/m0/s1. The van der Waals surface area contributed by atoms with Crippen molar-refractivity contribution >= 4 is 37.6 Å². The zero-order valence-corrected chi connectivity index (χ0v) is 21.6. The van der Waals surface area contributed by atoms with Crippen LogP contribution in [0.15, 0.2) is 15.0 Å². The number of carbonyl (C=O) groups is 1. The van der Waals surface area contributed by atoms with Crippen LogP contribution in [0, 0.1) is 24.2 Å². The van der Waals surface area contributed by atoms with Gasteiger partial charge in [0.05, 0.1) is 15.5 Å². The van der Waals surface area contributed by atoms with Crippen molar-refractivity contribution in [2.24, 2.45) is 17.3 Å². The zero-order chi connectivity index (χ0) is 21.5. The summed E-state index contributed by atoms with van der Waals surface area (Å²) in [7, 11) is 0. The van der Waals surface area contributed by atoms with Crippen molar-refractivity contribution in [1.29, 1.82) is 0 Å². The van der Waals surface area contributed by atoms with E-state index in [1.165, 1.54) is 25.7 Å². The third-order valence-corrected chi connectivity index (χ3v) is 8.93. The van der Waals surface area contributed by atoms with Gasteiger partial charge in [0.15, 0.2) is 5.78 Å². The number of hydrogen-bond donors (Lipinski definition) is 0. The van der Waals surface area contributed by atoms with Gasteiger partial charge in [0.25, 0.3) is 0 Å². The van der Waals surface area contributed by atoms with Crippen LogP contribution in [0.2, 0.25) is 0 Å². The van der Waals surface area contributed by atoms with E-state index in [9.17, 15) is 4.79 Å². The van der Waals surface area contributed by atoms with E-state index in [2.05, 4.69) is 55.5 Å². The van der Waals surface area contributed by atoms with Crippen molar-refractivity contribution in [2.75, 3.05) is 45.9 Å². The number of benzene rings is 1. The first-order chi connectivity index (χ1) is 14.3. The SMILES string of the molecule is Cc1c(Br)cc2c(c1Br)OCC(CN1CCC[C@H](C)C1)(CN1CCC[C@H](C)C1)C2=O. The number of rotatable bonds is 4. The second kappa shape index (κ2) is 9.21. The summed E-state index contributed by atoms with van der Waals surface area (Å²) in [5, 5.41) is 0. The lowest BCUT2D eigenvalue weighted by atomic mass is 9.76. The van der Waals surface area contributed by atoms with Crippen molar-refractivity contribution in [1.82, 2.24) is 9.80 Å². The van der Waals surface area contributed by atoms with Gasteiger partial charge in [-0.2, -0.15) is 0 Å². The third kappa shape index (κ3) is 4.53. The van der Waals surface area contributed by atoms with E-state index in [1.54, 1.807) is 0 Å². The molecule has 3 aliphatic rings. The molecule has 30 heavy (non-hydrogen) atoms. The Morgan fingerprint density at radius 2 is 1.63 bits per heavy atom. The van der Waals surface area contributed by atoms with Crippen LogP contribution in [0.1, 0.15) is 55.5 Å². The Bertz CT molecular complexity index is 789. The van der Waals surface area contributed by atoms with Crippen LogP contribution >= 0.6 is 31.9 Å². The number of fused-ring (bicyclic) bond motifs is 1. The first-order valence-electron chi connectivity index (χ1n) is 11.4. The minimum atomic E-state index is -0.505. The Hall–Kier alpha value is -0.430. The predicted molar refractivity (Wildman–Crippen MR) is 129 cm³/mol. The molecule has 2 saturated heterocycles. The fourth-order valence-corrected chi connectivity index (χ4v) is 6.80. The smallest absolute Gasteiger partial charge is 0.178 e. The second-order valence-corrected chi connectivity index (χ2v) is 11.7. The predicted octanol–water partition coefficient (Wildman–Crippen LogP) is 5.55. The van der Waals surface area contributed by atoms with Crippen molar-refractivity contribution in [3.05, 3.63) is 26.1 Å². The summed E-state index contributed by atoms with van der Waals surface area (Å²) in [6.07, 6.45) is 5.03. The van der Waals surface area contributed by atoms with Gasteiger partial charge in [-0.1, -0.05) is 29.8 Å². The normalized spacial score (nSPS) is 27.6. The summed E-state index contributed by atoms with van der Waals surface area (Å²) in [6, 6.07) is 1.98. The molecule has 0 unspecified atom stereocenters. The van der Waals surface area contributed by atoms with E-state index < -0.39 is 5.41 Å². The van der Waals surface area contributed by atoms with Gasteiger partial charge in [-0.05, 0) is 85.1 Å². The summed E-state index contributed by atoms with van der Waals surface area (Å²) >= 11 is 7.31. The summed E-state index contributed by atoms with van der Waals surface area (Å²) < 4.78 is 8.22. The first kappa shape index (κ1) is 22.8. The van der Waals surface area contributed by atoms with Gasteiger partial charge in [0.1, 0.15) is 12.4 Å². The number of piperidine rings is 2. The van der Waals surface area contributed by atoms with E-state index in [0.29, 0.717) is 18.4 Å². The summed E-state index contributed by atoms with van der Waals surface area (Å²) in [5.74, 6) is 2.37. The van der Waals surface area contributed by atoms with Gasteiger partial charge in [0, 0.05) is 30.7 Å². The molecule has 4 nitrogen and oxygen atoms in total. The molecule has 0 amide bonds. The molecule has 0 radical (unpaired) electrons. The lowest BCUT2D eigenvalue weighted by Crippen LogP contribution is -2.57. The molecule has 4 rings (SSSR count). The lowest BCUT2D eigenvalue weighted by molar-refractivity contribution is 0.0162. The Morgan fingerprint density at radius 3 is 2.17 bits per heavy atom. The quantitative estimate of drug-likeness (QED) is 0.500. The van der Waals surface area contributed by atoms with Crippen LogP contribution in [-0.2, 0) is 0 Å². The molecule has 0 spiro atoms. The average molecular weight is 542 g/mol. The van der Waals surface area contributed by atoms with E-state index in [1.807, 2.05) is 13.0 Å². The van der Waals surface area contributed by atoms with Crippen molar-refractivity contribution in [3.63, 3.8) is 0 Å². The highest BCUT2D eigenvalue weighted by atomic mass is 79.9. The summed E-state index contributed by atoms with van der Waals surface area (Å²) in [6.45, 7) is 13.1. The molecule has 1 aromatic rings. The van der Waals surface area contributed by atoms with Crippen LogP contribution < -0.4 is 4.74 Å². The van der Waals surface area contributed by atoms with E-state index in [0.717, 1.165) is 65.1 Å². The number of hydrogen-bond acceptors (Lipinski definition) is 4. The molecule has 3 heterocycles. The van der Waals surface area contributed by atoms with Gasteiger partial charge in [-0.3, -0.25) is 4.79 Å². The van der Waals surface area contributed by atoms with Crippen LogP contribution in [0.5, 0.6) is 5.75 Å². The molecular weight excluding hydrogens is 508 g/mol.